The number of oxazole rings is 1. The van der Waals surface area contributed by atoms with Crippen LogP contribution in [0.3, 0.4) is 0 Å². The molecule has 0 fully saturated rings. The second-order valence-corrected chi connectivity index (χ2v) is 25.8. The monoisotopic (exact) mass is 1260 g/mol. The molecule has 0 amide bonds. The Morgan fingerprint density at radius 1 is 0.395 bits per heavy atom. The molecular formula is C63H87N15O3S5. The number of nitrogens with zero attached hydrogens (tertiary/aromatic N) is 15. The van der Waals surface area contributed by atoms with E-state index in [2.05, 4.69) is 192 Å². The van der Waals surface area contributed by atoms with E-state index in [-0.39, 0.29) is 0 Å². The van der Waals surface area contributed by atoms with Crippen LogP contribution in [0.15, 0.2) is 13.6 Å². The molecule has 0 aliphatic carbocycles. The van der Waals surface area contributed by atoms with E-state index < -0.39 is 0 Å². The molecule has 0 saturated carbocycles. The standard InChI is InChI=1S/C15H21N.C12H15NO.C12H15NS.2C4H6N2O.4C4H6N2S/c1-8-9(2)11(4)15-14(10(8)3)12(5)13(6)16(15)7;2*1-6-7(2)9(4)12-11(8(6)3)13-10(5)14-12;1-3-4(2)7-6-5-3;1-3-4(2)6-7-5-3;2*1-3-5-4(2)7-6-3;1-3-4(2)7-6-5-3;1-3-4(2)6-7-5-3/h1-7H3;2*1-5H3;6*1-2H3. The van der Waals surface area contributed by atoms with Crippen molar-refractivity contribution in [3.63, 3.8) is 0 Å². The van der Waals surface area contributed by atoms with Crippen LogP contribution in [-0.4, -0.2) is 72.3 Å². The molecule has 9 heterocycles. The summed E-state index contributed by atoms with van der Waals surface area (Å²) < 4.78 is 37.7. The van der Waals surface area contributed by atoms with Crippen molar-refractivity contribution >= 4 is 89.9 Å². The van der Waals surface area contributed by atoms with E-state index in [1.165, 1.54) is 150 Å². The first-order valence-corrected chi connectivity index (χ1v) is 31.8. The minimum atomic E-state index is 0.746. The van der Waals surface area contributed by atoms with Gasteiger partial charge in [-0.15, -0.1) is 21.5 Å². The molecule has 0 N–H and O–H groups in total. The van der Waals surface area contributed by atoms with Crippen LogP contribution in [0.2, 0.25) is 0 Å². The van der Waals surface area contributed by atoms with Crippen LogP contribution >= 0.6 is 57.7 Å². The van der Waals surface area contributed by atoms with Crippen LogP contribution in [0.4, 0.5) is 0 Å². The van der Waals surface area contributed by atoms with Crippen molar-refractivity contribution in [3.05, 3.63) is 155 Å². The molecular weight excluding hydrogens is 1180 g/mol. The minimum Gasteiger partial charge on any atom is -0.441 e. The molecule has 0 saturated heterocycles. The third-order valence-electron chi connectivity index (χ3n) is 15.4. The van der Waals surface area contributed by atoms with E-state index in [0.29, 0.717) is 0 Å². The third-order valence-corrected chi connectivity index (χ3v) is 19.4. The Morgan fingerprint density at radius 3 is 1.24 bits per heavy atom. The molecule has 0 aliphatic rings. The van der Waals surface area contributed by atoms with Gasteiger partial charge in [-0.3, -0.25) is 0 Å². The number of aryl methyl sites for hydroxylation is 22. The molecule has 0 aliphatic heterocycles. The lowest BCUT2D eigenvalue weighted by atomic mass is 9.94. The zero-order valence-corrected chi connectivity index (χ0v) is 60.1. The van der Waals surface area contributed by atoms with E-state index >= 15 is 0 Å². The molecule has 0 atom stereocenters. The van der Waals surface area contributed by atoms with Gasteiger partial charge in [0, 0.05) is 35.2 Å². The minimum absolute atomic E-state index is 0.746. The van der Waals surface area contributed by atoms with Crippen molar-refractivity contribution in [2.24, 2.45) is 7.05 Å². The Bertz CT molecular complexity index is 3630. The third kappa shape index (κ3) is 18.6. The summed E-state index contributed by atoms with van der Waals surface area (Å²) in [5.41, 5.74) is 29.5. The molecule has 12 aromatic rings. The first kappa shape index (κ1) is 71.6. The van der Waals surface area contributed by atoms with Gasteiger partial charge in [0.2, 0.25) is 0 Å². The van der Waals surface area contributed by atoms with Crippen molar-refractivity contribution in [1.82, 2.24) is 72.3 Å². The Labute approximate surface area is 528 Å². The smallest absolute Gasteiger partial charge is 0.192 e. The predicted octanol–water partition coefficient (Wildman–Crippen LogP) is 17.2. The van der Waals surface area contributed by atoms with Crippen molar-refractivity contribution in [1.29, 1.82) is 0 Å². The van der Waals surface area contributed by atoms with Gasteiger partial charge in [-0.25, -0.2) is 24.6 Å². The van der Waals surface area contributed by atoms with Gasteiger partial charge in [-0.1, -0.05) is 14.8 Å². The number of hydrogen-bond donors (Lipinski definition) is 0. The van der Waals surface area contributed by atoms with Crippen LogP contribution in [0.5, 0.6) is 0 Å². The maximum absolute atomic E-state index is 5.60. The highest BCUT2D eigenvalue weighted by molar-refractivity contribution is 7.18. The summed E-state index contributed by atoms with van der Waals surface area (Å²) in [7, 11) is 2.17. The summed E-state index contributed by atoms with van der Waals surface area (Å²) in [6.07, 6.45) is 0. The van der Waals surface area contributed by atoms with Crippen LogP contribution in [-0.2, 0) is 7.05 Å². The van der Waals surface area contributed by atoms with E-state index in [1.807, 2.05) is 90.0 Å². The maximum Gasteiger partial charge on any atom is 0.192 e. The molecule has 23 heteroatoms. The van der Waals surface area contributed by atoms with Crippen LogP contribution in [0.25, 0.3) is 32.2 Å². The summed E-state index contributed by atoms with van der Waals surface area (Å²) >= 11 is 7.40. The van der Waals surface area contributed by atoms with Gasteiger partial charge >= 0.3 is 0 Å². The van der Waals surface area contributed by atoms with Gasteiger partial charge in [0.1, 0.15) is 44.3 Å². The molecule has 18 nitrogen and oxygen atoms in total. The zero-order chi connectivity index (χ0) is 64.8. The maximum atomic E-state index is 5.60. The highest BCUT2D eigenvalue weighted by atomic mass is 32.1. The van der Waals surface area contributed by atoms with Crippen molar-refractivity contribution in [2.75, 3.05) is 0 Å². The fraction of sp³-hybridized carbons (Fsp3) is 0.460. The Balaban J connectivity index is 0.000000212. The molecule has 3 aromatic carbocycles. The van der Waals surface area contributed by atoms with Gasteiger partial charge in [-0.2, -0.15) is 17.5 Å². The highest BCUT2D eigenvalue weighted by Crippen LogP contribution is 2.35. The summed E-state index contributed by atoms with van der Waals surface area (Å²) in [4.78, 5) is 18.2. The molecule has 0 radical (unpaired) electrons. The zero-order valence-electron chi connectivity index (χ0n) is 56.0. The van der Waals surface area contributed by atoms with E-state index in [1.54, 1.807) is 11.3 Å². The topological polar surface area (TPSA) is 225 Å². The SMILES string of the molecule is Cc1c(C)c(C)c2c(c1C)c(C)c(C)n2C.Cc1nc2c(C)c(C)c(C)c(C)c2o1.Cc1nc2c(C)c(C)c(C)c(C)c2s1.Cc1nnoc1C.Cc1nnsc1C.Cc1nonc1C.Cc1nsc(C)n1.Cc1nsc(C)n1.Cc1nsnc1C. The van der Waals surface area contributed by atoms with Crippen molar-refractivity contribution in [2.45, 2.75) is 194 Å². The molecule has 12 rings (SSSR count). The Kier molecular flexibility index (Phi) is 26.8. The molecule has 0 spiro atoms. The van der Waals surface area contributed by atoms with E-state index in [4.69, 9.17) is 4.42 Å². The summed E-state index contributed by atoms with van der Waals surface area (Å²) in [6.45, 7) is 57.5. The van der Waals surface area contributed by atoms with Crippen molar-refractivity contribution < 1.29 is 13.6 Å². The fourth-order valence-corrected chi connectivity index (χ4v) is 11.4. The molecule has 9 aromatic heterocycles. The van der Waals surface area contributed by atoms with Crippen LogP contribution < -0.4 is 0 Å². The predicted molar refractivity (Wildman–Crippen MR) is 357 cm³/mol. The second-order valence-electron chi connectivity index (χ2n) is 21.2. The van der Waals surface area contributed by atoms with Crippen LogP contribution in [0.1, 0.15) is 155 Å². The van der Waals surface area contributed by atoms with Crippen LogP contribution in [0, 0.1) is 194 Å². The van der Waals surface area contributed by atoms with Gasteiger partial charge in [0.05, 0.1) is 49.6 Å². The lowest BCUT2D eigenvalue weighted by Gasteiger charge is -2.12. The van der Waals surface area contributed by atoms with E-state index in [0.717, 1.165) is 83.6 Å². The number of rotatable bonds is 0. The average Bonchev–Trinajstić information content (AvgIpc) is 1.69. The van der Waals surface area contributed by atoms with Crippen molar-refractivity contribution in [3.8, 4) is 0 Å². The average molecular weight is 1260 g/mol. The Morgan fingerprint density at radius 2 is 0.884 bits per heavy atom. The van der Waals surface area contributed by atoms with Gasteiger partial charge in [-0.05, 0) is 294 Å². The Hall–Kier alpha value is -6.92. The normalized spacial score (nSPS) is 10.4. The van der Waals surface area contributed by atoms with Gasteiger partial charge in [0.15, 0.2) is 17.2 Å². The first-order chi connectivity index (χ1) is 40.2. The van der Waals surface area contributed by atoms with Gasteiger partial charge < -0.3 is 13.5 Å². The summed E-state index contributed by atoms with van der Waals surface area (Å²) in [5.74, 6) is 3.29. The lowest BCUT2D eigenvalue weighted by Crippen LogP contribution is -1.97. The number of hydrogen-bond acceptors (Lipinski definition) is 22. The number of benzene rings is 3. The highest BCUT2D eigenvalue weighted by Gasteiger charge is 2.17. The fourth-order valence-electron chi connectivity index (χ4n) is 8.37. The van der Waals surface area contributed by atoms with E-state index in [9.17, 15) is 0 Å². The molecule has 0 unspecified atom stereocenters. The first-order valence-electron chi connectivity index (χ1n) is 28.0. The number of aromatic nitrogens is 15. The van der Waals surface area contributed by atoms with Gasteiger partial charge in [0.25, 0.3) is 0 Å². The second kappa shape index (κ2) is 32.2. The molecule has 86 heavy (non-hydrogen) atoms. The largest absolute Gasteiger partial charge is 0.441 e. The molecule has 462 valence electrons. The molecule has 0 bridgehead atoms. The summed E-state index contributed by atoms with van der Waals surface area (Å²) in [5, 5.41) is 22.4. The lowest BCUT2D eigenvalue weighted by molar-refractivity contribution is 0.302. The summed E-state index contributed by atoms with van der Waals surface area (Å²) in [6, 6.07) is 0. The number of fused-ring (bicyclic) bond motifs is 3. The quantitative estimate of drug-likeness (QED) is 0.138. The number of thiazole rings is 1.